The average molecular weight is 260 g/mol. The topological polar surface area (TPSA) is 38.0 Å². The maximum absolute atomic E-state index is 6.20. The predicted molar refractivity (Wildman–Crippen MR) is 82.2 cm³/mol. The van der Waals surface area contributed by atoms with Gasteiger partial charge in [-0.25, -0.2) is 0 Å². The fraction of sp³-hybridized carbons (Fsp3) is 0.647. The van der Waals surface area contributed by atoms with Crippen LogP contribution in [0.4, 0.5) is 0 Å². The van der Waals surface area contributed by atoms with Crippen molar-refractivity contribution in [1.82, 2.24) is 5.32 Å². The molecule has 0 radical (unpaired) electrons. The molecule has 106 valence electrons. The SMILES string of the molecule is CC1(CNCC(N)Cc2ccccc2)CCCCC1. The highest BCUT2D eigenvalue weighted by Crippen LogP contribution is 2.34. The van der Waals surface area contributed by atoms with Crippen LogP contribution in [0.25, 0.3) is 0 Å². The van der Waals surface area contributed by atoms with Gasteiger partial charge in [0.25, 0.3) is 0 Å². The van der Waals surface area contributed by atoms with Crippen LogP contribution in [0.1, 0.15) is 44.6 Å². The summed E-state index contributed by atoms with van der Waals surface area (Å²) < 4.78 is 0. The monoisotopic (exact) mass is 260 g/mol. The van der Waals surface area contributed by atoms with Crippen molar-refractivity contribution < 1.29 is 0 Å². The molecule has 1 aromatic rings. The zero-order valence-electron chi connectivity index (χ0n) is 12.2. The molecule has 1 saturated carbocycles. The molecular formula is C17H28N2. The summed E-state index contributed by atoms with van der Waals surface area (Å²) in [4.78, 5) is 0. The summed E-state index contributed by atoms with van der Waals surface area (Å²) in [7, 11) is 0. The van der Waals surface area contributed by atoms with Gasteiger partial charge >= 0.3 is 0 Å². The molecule has 0 aromatic heterocycles. The summed E-state index contributed by atoms with van der Waals surface area (Å²) in [6, 6.07) is 10.7. The minimum absolute atomic E-state index is 0.217. The van der Waals surface area contributed by atoms with Crippen LogP contribution in [0.5, 0.6) is 0 Å². The Morgan fingerprint density at radius 1 is 1.16 bits per heavy atom. The number of benzene rings is 1. The molecule has 1 aliphatic carbocycles. The maximum atomic E-state index is 6.20. The first-order valence-corrected chi connectivity index (χ1v) is 7.68. The lowest BCUT2D eigenvalue weighted by Gasteiger charge is -2.34. The molecule has 0 aliphatic heterocycles. The van der Waals surface area contributed by atoms with Crippen molar-refractivity contribution in [3.05, 3.63) is 35.9 Å². The summed E-state index contributed by atoms with van der Waals surface area (Å²) >= 11 is 0. The third kappa shape index (κ3) is 4.96. The Hall–Kier alpha value is -0.860. The van der Waals surface area contributed by atoms with E-state index in [9.17, 15) is 0 Å². The Morgan fingerprint density at radius 2 is 1.84 bits per heavy atom. The minimum atomic E-state index is 0.217. The van der Waals surface area contributed by atoms with Crippen LogP contribution in [-0.4, -0.2) is 19.1 Å². The Kier molecular flexibility index (Phi) is 5.41. The molecule has 2 rings (SSSR count). The standard InChI is InChI=1S/C17H28N2/c1-17(10-6-3-7-11-17)14-19-13-16(18)12-15-8-4-2-5-9-15/h2,4-5,8-9,16,19H,3,6-7,10-14,18H2,1H3. The Labute approximate surface area is 117 Å². The molecule has 1 fully saturated rings. The molecule has 1 unspecified atom stereocenters. The van der Waals surface area contributed by atoms with Gasteiger partial charge in [0.15, 0.2) is 0 Å². The molecule has 0 saturated heterocycles. The number of hydrogen-bond acceptors (Lipinski definition) is 2. The zero-order chi connectivity index (χ0) is 13.6. The molecule has 1 aromatic carbocycles. The molecule has 1 atom stereocenters. The first kappa shape index (κ1) is 14.5. The van der Waals surface area contributed by atoms with Crippen LogP contribution in [0.3, 0.4) is 0 Å². The average Bonchev–Trinajstić information content (AvgIpc) is 2.40. The lowest BCUT2D eigenvalue weighted by Crippen LogP contribution is -2.41. The van der Waals surface area contributed by atoms with E-state index in [1.807, 2.05) is 0 Å². The summed E-state index contributed by atoms with van der Waals surface area (Å²) in [6.07, 6.45) is 7.91. The molecule has 0 amide bonds. The van der Waals surface area contributed by atoms with Crippen molar-refractivity contribution in [3.8, 4) is 0 Å². The fourth-order valence-corrected chi connectivity index (χ4v) is 3.13. The predicted octanol–water partition coefficient (Wildman–Crippen LogP) is 3.12. The molecule has 0 heterocycles. The smallest absolute Gasteiger partial charge is 0.0206 e. The number of nitrogens with one attached hydrogen (secondary N) is 1. The summed E-state index contributed by atoms with van der Waals surface area (Å²) in [5.74, 6) is 0. The van der Waals surface area contributed by atoms with E-state index < -0.39 is 0 Å². The number of rotatable bonds is 6. The number of hydrogen-bond donors (Lipinski definition) is 2. The Balaban J connectivity index is 1.67. The summed E-state index contributed by atoms with van der Waals surface area (Å²) in [5, 5.41) is 3.59. The lowest BCUT2D eigenvalue weighted by atomic mass is 9.76. The fourth-order valence-electron chi connectivity index (χ4n) is 3.13. The van der Waals surface area contributed by atoms with Gasteiger partial charge in [-0.3, -0.25) is 0 Å². The zero-order valence-corrected chi connectivity index (χ0v) is 12.2. The second-order valence-corrected chi connectivity index (χ2v) is 6.45. The van der Waals surface area contributed by atoms with Crippen LogP contribution >= 0.6 is 0 Å². The van der Waals surface area contributed by atoms with Crippen LogP contribution in [0.2, 0.25) is 0 Å². The molecule has 0 bridgehead atoms. The van der Waals surface area contributed by atoms with E-state index in [0.29, 0.717) is 5.41 Å². The molecule has 0 spiro atoms. The van der Waals surface area contributed by atoms with E-state index in [-0.39, 0.29) is 6.04 Å². The quantitative estimate of drug-likeness (QED) is 0.825. The van der Waals surface area contributed by atoms with Gasteiger partial charge in [-0.15, -0.1) is 0 Å². The van der Waals surface area contributed by atoms with Crippen molar-refractivity contribution in [2.75, 3.05) is 13.1 Å². The van der Waals surface area contributed by atoms with Crippen molar-refractivity contribution >= 4 is 0 Å². The maximum Gasteiger partial charge on any atom is 0.0206 e. The largest absolute Gasteiger partial charge is 0.326 e. The highest BCUT2D eigenvalue weighted by molar-refractivity contribution is 5.15. The van der Waals surface area contributed by atoms with Crippen LogP contribution in [0.15, 0.2) is 30.3 Å². The van der Waals surface area contributed by atoms with Crippen LogP contribution < -0.4 is 11.1 Å². The molecule has 2 nitrogen and oxygen atoms in total. The molecule has 3 N–H and O–H groups in total. The summed E-state index contributed by atoms with van der Waals surface area (Å²) in [6.45, 7) is 4.46. The van der Waals surface area contributed by atoms with Crippen molar-refractivity contribution in [3.63, 3.8) is 0 Å². The second-order valence-electron chi connectivity index (χ2n) is 6.45. The van der Waals surface area contributed by atoms with Crippen LogP contribution in [-0.2, 0) is 6.42 Å². The Bertz CT molecular complexity index is 355. The summed E-state index contributed by atoms with van der Waals surface area (Å²) in [5.41, 5.74) is 8.04. The van der Waals surface area contributed by atoms with E-state index in [0.717, 1.165) is 19.5 Å². The Morgan fingerprint density at radius 3 is 2.53 bits per heavy atom. The highest BCUT2D eigenvalue weighted by atomic mass is 14.9. The van der Waals surface area contributed by atoms with Gasteiger partial charge in [0.1, 0.15) is 0 Å². The van der Waals surface area contributed by atoms with Gasteiger partial charge < -0.3 is 11.1 Å². The van der Waals surface area contributed by atoms with Crippen molar-refractivity contribution in [1.29, 1.82) is 0 Å². The molecule has 19 heavy (non-hydrogen) atoms. The van der Waals surface area contributed by atoms with Gasteiger partial charge in [0, 0.05) is 19.1 Å². The van der Waals surface area contributed by atoms with Gasteiger partial charge in [-0.05, 0) is 30.2 Å². The van der Waals surface area contributed by atoms with E-state index in [4.69, 9.17) is 5.73 Å². The minimum Gasteiger partial charge on any atom is -0.326 e. The molecule has 1 aliphatic rings. The van der Waals surface area contributed by atoms with Crippen molar-refractivity contribution in [2.45, 2.75) is 51.5 Å². The second kappa shape index (κ2) is 7.06. The lowest BCUT2D eigenvalue weighted by molar-refractivity contribution is 0.207. The molecular weight excluding hydrogens is 232 g/mol. The third-order valence-corrected chi connectivity index (χ3v) is 4.36. The van der Waals surface area contributed by atoms with E-state index in [2.05, 4.69) is 42.6 Å². The van der Waals surface area contributed by atoms with Crippen LogP contribution in [0, 0.1) is 5.41 Å². The van der Waals surface area contributed by atoms with E-state index in [1.54, 1.807) is 0 Å². The van der Waals surface area contributed by atoms with Gasteiger partial charge in [0.05, 0.1) is 0 Å². The van der Waals surface area contributed by atoms with Gasteiger partial charge in [0.2, 0.25) is 0 Å². The van der Waals surface area contributed by atoms with E-state index in [1.165, 1.54) is 37.7 Å². The van der Waals surface area contributed by atoms with Gasteiger partial charge in [-0.2, -0.15) is 0 Å². The third-order valence-electron chi connectivity index (χ3n) is 4.36. The van der Waals surface area contributed by atoms with Crippen molar-refractivity contribution in [2.24, 2.45) is 11.1 Å². The number of nitrogens with two attached hydrogens (primary N) is 1. The van der Waals surface area contributed by atoms with Gasteiger partial charge in [-0.1, -0.05) is 56.5 Å². The first-order valence-electron chi connectivity index (χ1n) is 7.68. The molecule has 2 heteroatoms. The van der Waals surface area contributed by atoms with E-state index >= 15 is 0 Å². The highest BCUT2D eigenvalue weighted by Gasteiger charge is 2.26. The first-order chi connectivity index (χ1) is 9.18. The normalized spacial score (nSPS) is 20.1.